The van der Waals surface area contributed by atoms with Crippen molar-refractivity contribution in [3.05, 3.63) is 72.2 Å². The van der Waals surface area contributed by atoms with E-state index in [1.807, 2.05) is 0 Å². The van der Waals surface area contributed by atoms with Crippen LogP contribution in [0.1, 0.15) is 17.3 Å². The number of nitro benzene ring substituents is 2. The summed E-state index contributed by atoms with van der Waals surface area (Å²) >= 11 is 11.7. The minimum atomic E-state index is -1.31. The first-order valence-electron chi connectivity index (χ1n) is 7.50. The van der Waals surface area contributed by atoms with Crippen LogP contribution < -0.4 is 5.32 Å². The lowest BCUT2D eigenvalue weighted by atomic mass is 10.2. The number of non-ortho nitro benzene ring substituents is 2. The predicted molar refractivity (Wildman–Crippen MR) is 99.7 cm³/mol. The predicted octanol–water partition coefficient (Wildman–Crippen LogP) is 3.99. The maximum Gasteiger partial charge on any atom is 0.340 e. The second-order valence-electron chi connectivity index (χ2n) is 5.38. The van der Waals surface area contributed by atoms with Crippen LogP contribution in [-0.2, 0) is 9.53 Å². The molecule has 146 valence electrons. The van der Waals surface area contributed by atoms with Crippen molar-refractivity contribution in [3.63, 3.8) is 0 Å². The Balaban J connectivity index is 2.10. The molecule has 0 aliphatic rings. The van der Waals surface area contributed by atoms with E-state index < -0.39 is 27.8 Å². The van der Waals surface area contributed by atoms with Gasteiger partial charge >= 0.3 is 5.97 Å². The number of nitrogens with one attached hydrogen (secondary N) is 1. The number of nitro groups is 2. The molecule has 0 fully saturated rings. The second kappa shape index (κ2) is 8.63. The number of benzene rings is 2. The van der Waals surface area contributed by atoms with E-state index in [9.17, 15) is 29.8 Å². The number of anilines is 1. The lowest BCUT2D eigenvalue weighted by Crippen LogP contribution is -2.30. The number of rotatable bonds is 6. The van der Waals surface area contributed by atoms with Gasteiger partial charge in [0, 0.05) is 24.3 Å². The van der Waals surface area contributed by atoms with E-state index in [4.69, 9.17) is 27.9 Å². The average molecular weight is 428 g/mol. The zero-order valence-corrected chi connectivity index (χ0v) is 15.6. The molecular formula is C16H11Cl2N3O7. The number of esters is 1. The van der Waals surface area contributed by atoms with Crippen molar-refractivity contribution in [1.82, 2.24) is 0 Å². The lowest BCUT2D eigenvalue weighted by molar-refractivity contribution is -0.385. The van der Waals surface area contributed by atoms with Gasteiger partial charge < -0.3 is 10.1 Å². The molecule has 0 bridgehead atoms. The Morgan fingerprint density at radius 2 is 1.57 bits per heavy atom. The minimum absolute atomic E-state index is 0.0774. The fourth-order valence-corrected chi connectivity index (χ4v) is 2.43. The molecule has 0 heterocycles. The van der Waals surface area contributed by atoms with Gasteiger partial charge in [0.1, 0.15) is 0 Å². The molecule has 1 N–H and O–H groups in total. The van der Waals surface area contributed by atoms with Crippen LogP contribution in [0.2, 0.25) is 10.0 Å². The smallest absolute Gasteiger partial charge is 0.340 e. The molecule has 0 aliphatic heterocycles. The average Bonchev–Trinajstić information content (AvgIpc) is 2.63. The highest BCUT2D eigenvalue weighted by molar-refractivity contribution is 6.34. The molecule has 0 spiro atoms. The van der Waals surface area contributed by atoms with Crippen LogP contribution in [0, 0.1) is 20.2 Å². The molecular weight excluding hydrogens is 417 g/mol. The molecule has 12 heteroatoms. The fourth-order valence-electron chi connectivity index (χ4n) is 2.01. The number of hydrogen-bond acceptors (Lipinski definition) is 7. The summed E-state index contributed by atoms with van der Waals surface area (Å²) in [5, 5.41) is 23.7. The summed E-state index contributed by atoms with van der Waals surface area (Å²) in [4.78, 5) is 44.5. The zero-order valence-electron chi connectivity index (χ0n) is 14.0. The Morgan fingerprint density at radius 1 is 1.00 bits per heavy atom. The molecule has 0 aliphatic carbocycles. The Labute approximate surface area is 167 Å². The van der Waals surface area contributed by atoms with Gasteiger partial charge in [-0.3, -0.25) is 25.0 Å². The quantitative estimate of drug-likeness (QED) is 0.416. The molecule has 1 atom stereocenters. The number of hydrogen-bond donors (Lipinski definition) is 1. The van der Waals surface area contributed by atoms with Gasteiger partial charge in [0.15, 0.2) is 6.10 Å². The van der Waals surface area contributed by atoms with E-state index in [1.54, 1.807) is 0 Å². The highest BCUT2D eigenvalue weighted by Crippen LogP contribution is 2.27. The molecule has 10 nitrogen and oxygen atoms in total. The first-order chi connectivity index (χ1) is 13.1. The standard InChI is InChI=1S/C16H11Cl2N3O7/c1-8(15(22)19-14-5-3-10(21(26)27)7-13(14)18)28-16(23)11-6-9(20(24)25)2-4-12(11)17/h2-8H,1H3,(H,19,22)/t8-/m0/s1. The summed E-state index contributed by atoms with van der Waals surface area (Å²) in [5.41, 5.74) is -0.827. The number of amides is 1. The van der Waals surface area contributed by atoms with Crippen LogP contribution in [-0.4, -0.2) is 27.8 Å². The Morgan fingerprint density at radius 3 is 2.14 bits per heavy atom. The maximum atomic E-state index is 12.2. The molecule has 0 saturated carbocycles. The van der Waals surface area contributed by atoms with Gasteiger partial charge in [-0.1, -0.05) is 23.2 Å². The van der Waals surface area contributed by atoms with Crippen molar-refractivity contribution in [2.45, 2.75) is 13.0 Å². The van der Waals surface area contributed by atoms with E-state index in [1.165, 1.54) is 13.0 Å². The Hall–Kier alpha value is -3.24. The monoisotopic (exact) mass is 427 g/mol. The third-order valence-corrected chi connectivity index (χ3v) is 4.10. The first-order valence-corrected chi connectivity index (χ1v) is 8.25. The molecule has 2 aromatic rings. The summed E-state index contributed by atoms with van der Waals surface area (Å²) in [6.45, 7) is 1.26. The zero-order chi connectivity index (χ0) is 21.0. The minimum Gasteiger partial charge on any atom is -0.449 e. The summed E-state index contributed by atoms with van der Waals surface area (Å²) in [7, 11) is 0. The van der Waals surface area contributed by atoms with Gasteiger partial charge in [-0.15, -0.1) is 0 Å². The second-order valence-corrected chi connectivity index (χ2v) is 6.19. The number of halogens is 2. The fraction of sp³-hybridized carbons (Fsp3) is 0.125. The number of nitrogens with zero attached hydrogens (tertiary/aromatic N) is 2. The molecule has 0 saturated heterocycles. The van der Waals surface area contributed by atoms with Gasteiger partial charge in [-0.05, 0) is 19.1 Å². The van der Waals surface area contributed by atoms with E-state index in [2.05, 4.69) is 5.32 Å². The van der Waals surface area contributed by atoms with Crippen molar-refractivity contribution in [2.75, 3.05) is 5.32 Å². The highest BCUT2D eigenvalue weighted by Gasteiger charge is 2.23. The van der Waals surface area contributed by atoms with Crippen LogP contribution in [0.4, 0.5) is 17.1 Å². The van der Waals surface area contributed by atoms with Crippen LogP contribution >= 0.6 is 23.2 Å². The van der Waals surface area contributed by atoms with Gasteiger partial charge in [0.05, 0.1) is 31.1 Å². The molecule has 0 radical (unpaired) electrons. The van der Waals surface area contributed by atoms with Crippen LogP contribution in [0.25, 0.3) is 0 Å². The van der Waals surface area contributed by atoms with Gasteiger partial charge in [0.25, 0.3) is 17.3 Å². The van der Waals surface area contributed by atoms with E-state index in [0.717, 1.165) is 30.3 Å². The van der Waals surface area contributed by atoms with Crippen molar-refractivity contribution in [3.8, 4) is 0 Å². The first kappa shape index (κ1) is 21.1. The molecule has 1 amide bonds. The largest absolute Gasteiger partial charge is 0.449 e. The maximum absolute atomic E-state index is 12.2. The van der Waals surface area contributed by atoms with Crippen LogP contribution in [0.3, 0.4) is 0 Å². The van der Waals surface area contributed by atoms with Crippen molar-refractivity contribution < 1.29 is 24.2 Å². The Bertz CT molecular complexity index is 981. The lowest BCUT2D eigenvalue weighted by Gasteiger charge is -2.14. The van der Waals surface area contributed by atoms with Crippen molar-refractivity contribution in [1.29, 1.82) is 0 Å². The summed E-state index contributed by atoms with van der Waals surface area (Å²) in [6, 6.07) is 6.63. The SMILES string of the molecule is C[C@H](OC(=O)c1cc([N+](=O)[O-])ccc1Cl)C(=O)Nc1ccc([N+](=O)[O-])cc1Cl. The summed E-state index contributed by atoms with van der Waals surface area (Å²) < 4.78 is 4.98. The van der Waals surface area contributed by atoms with Crippen LogP contribution in [0.15, 0.2) is 36.4 Å². The van der Waals surface area contributed by atoms with E-state index in [-0.39, 0.29) is 32.7 Å². The third-order valence-electron chi connectivity index (χ3n) is 3.46. The van der Waals surface area contributed by atoms with Gasteiger partial charge in [-0.25, -0.2) is 4.79 Å². The van der Waals surface area contributed by atoms with Crippen LogP contribution in [0.5, 0.6) is 0 Å². The highest BCUT2D eigenvalue weighted by atomic mass is 35.5. The normalized spacial score (nSPS) is 11.4. The molecule has 0 unspecified atom stereocenters. The van der Waals surface area contributed by atoms with E-state index in [0.29, 0.717) is 0 Å². The number of carbonyl (C=O) groups excluding carboxylic acids is 2. The Kier molecular flexibility index (Phi) is 6.49. The molecule has 2 aromatic carbocycles. The summed E-state index contributed by atoms with van der Waals surface area (Å²) in [6.07, 6.45) is -1.31. The molecule has 2 rings (SSSR count). The molecule has 0 aromatic heterocycles. The van der Waals surface area contributed by atoms with Gasteiger partial charge in [0.2, 0.25) is 0 Å². The van der Waals surface area contributed by atoms with E-state index >= 15 is 0 Å². The molecule has 28 heavy (non-hydrogen) atoms. The summed E-state index contributed by atoms with van der Waals surface area (Å²) in [5.74, 6) is -1.81. The number of ether oxygens (including phenoxy) is 1. The topological polar surface area (TPSA) is 142 Å². The number of carbonyl (C=O) groups is 2. The third kappa shape index (κ3) is 4.93. The van der Waals surface area contributed by atoms with Crippen molar-refractivity contribution >= 4 is 52.1 Å². The van der Waals surface area contributed by atoms with Crippen molar-refractivity contribution in [2.24, 2.45) is 0 Å². The van der Waals surface area contributed by atoms with Gasteiger partial charge in [-0.2, -0.15) is 0 Å².